The van der Waals surface area contributed by atoms with E-state index in [0.29, 0.717) is 17.7 Å². The van der Waals surface area contributed by atoms with Crippen molar-refractivity contribution >= 4 is 28.7 Å². The van der Waals surface area contributed by atoms with E-state index in [1.807, 2.05) is 45.0 Å². The molecular formula is C21H24N2O3. The SMILES string of the molecule is CC.CCOC(=O)c1c(C)[nH]c2c1CC/C2=C1/C(=O)Nc2ccccc21. The lowest BCUT2D eigenvalue weighted by molar-refractivity contribution is -0.110. The normalized spacial score (nSPS) is 17.2. The molecule has 0 saturated carbocycles. The number of aromatic amines is 1. The molecule has 26 heavy (non-hydrogen) atoms. The fourth-order valence-corrected chi connectivity index (χ4v) is 3.71. The van der Waals surface area contributed by atoms with E-state index in [9.17, 15) is 9.59 Å². The Bertz CT molecular complexity index is 906. The molecule has 1 amide bonds. The van der Waals surface area contributed by atoms with Crippen molar-refractivity contribution < 1.29 is 14.3 Å². The van der Waals surface area contributed by atoms with Crippen molar-refractivity contribution in [3.63, 3.8) is 0 Å². The van der Waals surface area contributed by atoms with Crippen molar-refractivity contribution in [1.29, 1.82) is 0 Å². The number of benzene rings is 1. The van der Waals surface area contributed by atoms with E-state index in [0.717, 1.165) is 46.6 Å². The molecule has 2 heterocycles. The van der Waals surface area contributed by atoms with Gasteiger partial charge in [0.15, 0.2) is 0 Å². The van der Waals surface area contributed by atoms with Gasteiger partial charge < -0.3 is 15.0 Å². The number of fused-ring (bicyclic) bond motifs is 2. The van der Waals surface area contributed by atoms with Gasteiger partial charge in [-0.05, 0) is 43.9 Å². The monoisotopic (exact) mass is 352 g/mol. The number of anilines is 1. The average molecular weight is 352 g/mol. The quantitative estimate of drug-likeness (QED) is 0.624. The van der Waals surface area contributed by atoms with Crippen LogP contribution in [0.4, 0.5) is 5.69 Å². The number of para-hydroxylation sites is 1. The average Bonchev–Trinajstić information content (AvgIpc) is 3.27. The number of hydrogen-bond acceptors (Lipinski definition) is 3. The molecule has 5 heteroatoms. The van der Waals surface area contributed by atoms with Gasteiger partial charge in [0.05, 0.1) is 17.7 Å². The lowest BCUT2D eigenvalue weighted by Crippen LogP contribution is -2.07. The van der Waals surface area contributed by atoms with E-state index < -0.39 is 0 Å². The van der Waals surface area contributed by atoms with E-state index in [-0.39, 0.29) is 11.9 Å². The van der Waals surface area contributed by atoms with Gasteiger partial charge in [0.25, 0.3) is 5.91 Å². The van der Waals surface area contributed by atoms with E-state index in [4.69, 9.17) is 4.74 Å². The highest BCUT2D eigenvalue weighted by atomic mass is 16.5. The minimum absolute atomic E-state index is 0.0796. The Kier molecular flexibility index (Phi) is 4.98. The lowest BCUT2D eigenvalue weighted by Gasteiger charge is -2.04. The Labute approximate surface area is 153 Å². The van der Waals surface area contributed by atoms with E-state index >= 15 is 0 Å². The third-order valence-electron chi connectivity index (χ3n) is 4.67. The highest BCUT2D eigenvalue weighted by Crippen LogP contribution is 2.44. The van der Waals surface area contributed by atoms with Crippen molar-refractivity contribution in [3.8, 4) is 0 Å². The zero-order valence-electron chi connectivity index (χ0n) is 15.7. The summed E-state index contributed by atoms with van der Waals surface area (Å²) < 4.78 is 5.18. The van der Waals surface area contributed by atoms with E-state index in [1.165, 1.54) is 0 Å². The minimum atomic E-state index is -0.296. The van der Waals surface area contributed by atoms with Crippen LogP contribution >= 0.6 is 0 Å². The summed E-state index contributed by atoms with van der Waals surface area (Å²) in [5.41, 5.74) is 6.73. The van der Waals surface area contributed by atoms with Crippen molar-refractivity contribution in [2.45, 2.75) is 40.5 Å². The van der Waals surface area contributed by atoms with Crippen LogP contribution in [0.1, 0.15) is 60.1 Å². The number of carbonyl (C=O) groups excluding carboxylic acids is 2. The summed E-state index contributed by atoms with van der Waals surface area (Å²) in [7, 11) is 0. The molecule has 2 aromatic rings. The molecule has 136 valence electrons. The van der Waals surface area contributed by atoms with Crippen molar-refractivity contribution in [2.75, 3.05) is 11.9 Å². The highest BCUT2D eigenvalue weighted by Gasteiger charge is 2.34. The van der Waals surface area contributed by atoms with Gasteiger partial charge in [-0.25, -0.2) is 4.79 Å². The van der Waals surface area contributed by atoms with Gasteiger partial charge in [0.2, 0.25) is 0 Å². The number of aromatic nitrogens is 1. The third kappa shape index (κ3) is 2.73. The van der Waals surface area contributed by atoms with E-state index in [2.05, 4.69) is 10.3 Å². The molecule has 2 N–H and O–H groups in total. The second-order valence-electron chi connectivity index (χ2n) is 6.05. The Morgan fingerprint density at radius 2 is 1.92 bits per heavy atom. The van der Waals surface area contributed by atoms with Gasteiger partial charge >= 0.3 is 5.97 Å². The molecule has 1 aliphatic carbocycles. The first-order chi connectivity index (χ1) is 12.6. The molecule has 1 aromatic heterocycles. The van der Waals surface area contributed by atoms with Crippen LogP contribution in [0.3, 0.4) is 0 Å². The summed E-state index contributed by atoms with van der Waals surface area (Å²) in [6.07, 6.45) is 1.48. The molecule has 0 bridgehead atoms. The standard InChI is InChI=1S/C19H18N2O3.C2H6/c1-3-24-19(23)15-10(2)20-17-12(15)8-9-13(17)16-11-6-4-5-7-14(11)21-18(16)22;1-2/h4-7,20H,3,8-9H2,1-2H3,(H,21,22);1-2H3/b16-13-;. The fraction of sp³-hybridized carbons (Fsp3) is 0.333. The summed E-state index contributed by atoms with van der Waals surface area (Å²) in [4.78, 5) is 28.0. The number of allylic oxidation sites excluding steroid dienone is 1. The van der Waals surface area contributed by atoms with Crippen LogP contribution in [-0.4, -0.2) is 23.5 Å². The molecule has 0 fully saturated rings. The number of H-pyrrole nitrogens is 1. The number of nitrogens with one attached hydrogen (secondary N) is 2. The van der Waals surface area contributed by atoms with Crippen LogP contribution in [-0.2, 0) is 16.0 Å². The maximum Gasteiger partial charge on any atom is 0.340 e. The number of carbonyl (C=O) groups is 2. The predicted molar refractivity (Wildman–Crippen MR) is 103 cm³/mol. The van der Waals surface area contributed by atoms with Crippen LogP contribution in [0.15, 0.2) is 24.3 Å². The number of hydrogen-bond donors (Lipinski definition) is 2. The predicted octanol–water partition coefficient (Wildman–Crippen LogP) is 4.34. The van der Waals surface area contributed by atoms with Crippen LogP contribution in [0.5, 0.6) is 0 Å². The summed E-state index contributed by atoms with van der Waals surface area (Å²) in [5.74, 6) is -0.376. The molecule has 2 aliphatic rings. The minimum Gasteiger partial charge on any atom is -0.462 e. The molecule has 1 aromatic carbocycles. The molecule has 0 unspecified atom stereocenters. The van der Waals surface area contributed by atoms with Gasteiger partial charge in [-0.1, -0.05) is 32.0 Å². The van der Waals surface area contributed by atoms with Gasteiger partial charge in [-0.15, -0.1) is 0 Å². The number of aryl methyl sites for hydroxylation is 1. The van der Waals surface area contributed by atoms with Gasteiger partial charge in [0.1, 0.15) is 0 Å². The zero-order chi connectivity index (χ0) is 18.8. The Morgan fingerprint density at radius 1 is 1.19 bits per heavy atom. The van der Waals surface area contributed by atoms with Crippen molar-refractivity contribution in [3.05, 3.63) is 52.3 Å². The molecule has 1 aliphatic heterocycles. The lowest BCUT2D eigenvalue weighted by atomic mass is 9.99. The molecule has 0 saturated heterocycles. The first-order valence-corrected chi connectivity index (χ1v) is 9.14. The fourth-order valence-electron chi connectivity index (χ4n) is 3.71. The summed E-state index contributed by atoms with van der Waals surface area (Å²) >= 11 is 0. The highest BCUT2D eigenvalue weighted by molar-refractivity contribution is 6.37. The molecular weight excluding hydrogens is 328 g/mol. The van der Waals surface area contributed by atoms with Crippen LogP contribution in [0, 0.1) is 6.92 Å². The number of esters is 1. The second kappa shape index (κ2) is 7.20. The zero-order valence-corrected chi connectivity index (χ0v) is 15.7. The number of rotatable bonds is 2. The van der Waals surface area contributed by atoms with Gasteiger partial charge in [-0.3, -0.25) is 4.79 Å². The van der Waals surface area contributed by atoms with Gasteiger partial charge in [0, 0.05) is 22.6 Å². The van der Waals surface area contributed by atoms with Crippen LogP contribution in [0.2, 0.25) is 0 Å². The van der Waals surface area contributed by atoms with Crippen LogP contribution < -0.4 is 5.32 Å². The van der Waals surface area contributed by atoms with Gasteiger partial charge in [-0.2, -0.15) is 0 Å². The largest absolute Gasteiger partial charge is 0.462 e. The molecule has 0 atom stereocenters. The third-order valence-corrected chi connectivity index (χ3v) is 4.67. The van der Waals surface area contributed by atoms with Crippen molar-refractivity contribution in [2.24, 2.45) is 0 Å². The Hall–Kier alpha value is -2.82. The number of amides is 1. The Morgan fingerprint density at radius 3 is 2.65 bits per heavy atom. The number of ether oxygens (including phenoxy) is 1. The first kappa shape index (κ1) is 18.0. The molecule has 0 radical (unpaired) electrons. The summed E-state index contributed by atoms with van der Waals surface area (Å²) in [6, 6.07) is 7.69. The Balaban J connectivity index is 0.000000948. The molecule has 0 spiro atoms. The molecule has 5 nitrogen and oxygen atoms in total. The summed E-state index contributed by atoms with van der Waals surface area (Å²) in [6.45, 7) is 8.02. The maximum absolute atomic E-state index is 12.5. The topological polar surface area (TPSA) is 71.2 Å². The smallest absolute Gasteiger partial charge is 0.340 e. The van der Waals surface area contributed by atoms with E-state index in [1.54, 1.807) is 6.92 Å². The maximum atomic E-state index is 12.5. The first-order valence-electron chi connectivity index (χ1n) is 9.14. The summed E-state index contributed by atoms with van der Waals surface area (Å²) in [5, 5.41) is 2.92. The van der Waals surface area contributed by atoms with Crippen LogP contribution in [0.25, 0.3) is 11.1 Å². The second-order valence-corrected chi connectivity index (χ2v) is 6.05. The molecule has 4 rings (SSSR count). The van der Waals surface area contributed by atoms with Crippen molar-refractivity contribution in [1.82, 2.24) is 4.98 Å².